The average Bonchev–Trinajstić information content (AvgIpc) is 3.45. The van der Waals surface area contributed by atoms with Gasteiger partial charge in [-0.2, -0.15) is 0 Å². The number of carbonyl (C=O) groups excluding carboxylic acids is 1. The number of halogens is 4. The van der Waals surface area contributed by atoms with E-state index in [4.69, 9.17) is 15.0 Å². The maximum absolute atomic E-state index is 14.7. The zero-order valence-electron chi connectivity index (χ0n) is 22.2. The lowest BCUT2D eigenvalue weighted by molar-refractivity contribution is -0.274. The van der Waals surface area contributed by atoms with Crippen molar-refractivity contribution < 1.29 is 36.4 Å². The van der Waals surface area contributed by atoms with Crippen molar-refractivity contribution >= 4 is 32.6 Å². The minimum absolute atomic E-state index is 0.0946. The molecule has 3 aliphatic rings. The lowest BCUT2D eigenvalue weighted by Crippen LogP contribution is -2.45. The summed E-state index contributed by atoms with van der Waals surface area (Å²) in [6, 6.07) is 8.86. The van der Waals surface area contributed by atoms with Crippen LogP contribution in [0.3, 0.4) is 0 Å². The van der Waals surface area contributed by atoms with Crippen LogP contribution in [0.4, 0.5) is 22.7 Å². The van der Waals surface area contributed by atoms with Crippen molar-refractivity contribution in [3.05, 3.63) is 59.1 Å². The second-order valence-corrected chi connectivity index (χ2v) is 12.1. The van der Waals surface area contributed by atoms with Crippen molar-refractivity contribution in [2.75, 3.05) is 4.90 Å². The summed E-state index contributed by atoms with van der Waals surface area (Å²) in [6.07, 6.45) is 0.212. The van der Waals surface area contributed by atoms with Gasteiger partial charge in [-0.3, -0.25) is 4.79 Å². The third-order valence-electron chi connectivity index (χ3n) is 8.23. The molecule has 8 nitrogen and oxygen atoms in total. The van der Waals surface area contributed by atoms with Crippen molar-refractivity contribution in [3.63, 3.8) is 0 Å². The molecule has 220 valence electrons. The molecule has 3 fully saturated rings. The highest BCUT2D eigenvalue weighted by atomic mass is 32.1. The third-order valence-corrected chi connectivity index (χ3v) is 9.25. The van der Waals surface area contributed by atoms with Crippen LogP contribution in [0.5, 0.6) is 5.75 Å². The van der Waals surface area contributed by atoms with Crippen LogP contribution in [0.25, 0.3) is 21.5 Å². The first kappa shape index (κ1) is 27.1. The maximum Gasteiger partial charge on any atom is 0.573 e. The average molecular weight is 603 g/mol. The van der Waals surface area contributed by atoms with Crippen molar-refractivity contribution in [1.82, 2.24) is 10.1 Å². The molecule has 7 rings (SSSR count). The Morgan fingerprint density at radius 3 is 2.55 bits per heavy atom. The van der Waals surface area contributed by atoms with Gasteiger partial charge in [0, 0.05) is 34.7 Å². The quantitative estimate of drug-likeness (QED) is 0.224. The molecule has 0 radical (unpaired) electrons. The summed E-state index contributed by atoms with van der Waals surface area (Å²) in [7, 11) is 0. The fourth-order valence-electron chi connectivity index (χ4n) is 6.22. The molecule has 2 aromatic heterocycles. The number of aromatic nitrogens is 2. The second kappa shape index (κ2) is 10.2. The molecule has 4 heterocycles. The van der Waals surface area contributed by atoms with E-state index in [0.29, 0.717) is 39.7 Å². The Bertz CT molecular complexity index is 1650. The molecule has 2 aliphatic heterocycles. The van der Waals surface area contributed by atoms with E-state index in [9.17, 15) is 22.4 Å². The molecule has 1 aliphatic carbocycles. The number of anilines is 1. The van der Waals surface area contributed by atoms with Crippen molar-refractivity contribution in [2.45, 2.75) is 75.6 Å². The summed E-state index contributed by atoms with van der Waals surface area (Å²) >= 11 is 1.34. The van der Waals surface area contributed by atoms with Crippen molar-refractivity contribution in [2.24, 2.45) is 5.73 Å². The molecule has 1 saturated carbocycles. The summed E-state index contributed by atoms with van der Waals surface area (Å²) in [4.78, 5) is 18.4. The number of hydrogen-bond donors (Lipinski definition) is 1. The van der Waals surface area contributed by atoms with Crippen LogP contribution in [0, 0.1) is 5.82 Å². The Balaban J connectivity index is 1.10. The van der Waals surface area contributed by atoms with E-state index >= 15 is 0 Å². The Hall–Kier alpha value is -3.71. The first-order valence-electron chi connectivity index (χ1n) is 13.8. The Kier molecular flexibility index (Phi) is 6.61. The summed E-state index contributed by atoms with van der Waals surface area (Å²) in [5.74, 6) is -0.788. The number of piperidine rings is 1. The van der Waals surface area contributed by atoms with Gasteiger partial charge in [0.25, 0.3) is 0 Å². The Labute approximate surface area is 241 Å². The van der Waals surface area contributed by atoms with Crippen LogP contribution in [0.1, 0.15) is 66.1 Å². The minimum atomic E-state index is -4.84. The van der Waals surface area contributed by atoms with Gasteiger partial charge in [-0.05, 0) is 62.8 Å². The largest absolute Gasteiger partial charge is 0.573 e. The highest BCUT2D eigenvalue weighted by molar-refractivity contribution is 7.22. The van der Waals surface area contributed by atoms with E-state index in [2.05, 4.69) is 19.8 Å². The van der Waals surface area contributed by atoms with E-state index in [1.54, 1.807) is 12.1 Å². The number of rotatable bonds is 8. The number of para-hydroxylation sites is 1. The molecule has 4 aromatic rings. The van der Waals surface area contributed by atoms with E-state index in [-0.39, 0.29) is 53.1 Å². The molecule has 2 atom stereocenters. The monoisotopic (exact) mass is 602 g/mol. The summed E-state index contributed by atoms with van der Waals surface area (Å²) in [6.45, 7) is 0.150. The SMILES string of the molecule is NC(=O)c1cc(F)c2nc(N3C4CCC3CC(OCc3c(-c5ccccc5OC(F)(F)F)noc3C3CC3)C4)sc2c1. The lowest BCUT2D eigenvalue weighted by Gasteiger charge is -2.38. The van der Waals surface area contributed by atoms with E-state index in [1.165, 1.54) is 29.5 Å². The predicted molar refractivity (Wildman–Crippen MR) is 146 cm³/mol. The lowest BCUT2D eigenvalue weighted by atomic mass is 10.00. The fraction of sp³-hybridized carbons (Fsp3) is 0.414. The number of nitrogens with two attached hydrogens (primary N) is 1. The summed E-state index contributed by atoms with van der Waals surface area (Å²) < 4.78 is 70.9. The first-order valence-corrected chi connectivity index (χ1v) is 14.6. The number of alkyl halides is 3. The van der Waals surface area contributed by atoms with Gasteiger partial charge in [0.15, 0.2) is 10.9 Å². The number of carbonyl (C=O) groups is 1. The molecule has 2 N–H and O–H groups in total. The van der Waals surface area contributed by atoms with Gasteiger partial charge in [-0.25, -0.2) is 9.37 Å². The molecule has 2 saturated heterocycles. The van der Waals surface area contributed by atoms with Crippen LogP contribution in [0.15, 0.2) is 40.9 Å². The second-order valence-electron chi connectivity index (χ2n) is 11.1. The van der Waals surface area contributed by atoms with Gasteiger partial charge in [0.2, 0.25) is 5.91 Å². The number of fused-ring (bicyclic) bond motifs is 3. The van der Waals surface area contributed by atoms with Crippen LogP contribution in [-0.2, 0) is 11.3 Å². The normalized spacial score (nSPS) is 22.2. The zero-order chi connectivity index (χ0) is 29.2. The molecule has 1 amide bonds. The van der Waals surface area contributed by atoms with Gasteiger partial charge >= 0.3 is 6.36 Å². The van der Waals surface area contributed by atoms with E-state index < -0.39 is 18.1 Å². The molecular formula is C29H26F4N4O4S. The molecular weight excluding hydrogens is 576 g/mol. The molecule has 2 aromatic carbocycles. The molecule has 42 heavy (non-hydrogen) atoms. The molecule has 2 bridgehead atoms. The van der Waals surface area contributed by atoms with Gasteiger partial charge < -0.3 is 24.6 Å². The summed E-state index contributed by atoms with van der Waals surface area (Å²) in [5.41, 5.74) is 6.82. The predicted octanol–water partition coefficient (Wildman–Crippen LogP) is 6.68. The Morgan fingerprint density at radius 2 is 1.86 bits per heavy atom. The maximum atomic E-state index is 14.7. The first-order chi connectivity index (χ1) is 20.1. The smallest absolute Gasteiger partial charge is 0.405 e. The van der Waals surface area contributed by atoms with Crippen LogP contribution in [-0.4, -0.2) is 40.6 Å². The Morgan fingerprint density at radius 1 is 1.12 bits per heavy atom. The molecule has 13 heteroatoms. The van der Waals surface area contributed by atoms with Gasteiger partial charge in [-0.15, -0.1) is 13.2 Å². The number of ether oxygens (including phenoxy) is 2. The number of hydrogen-bond acceptors (Lipinski definition) is 8. The zero-order valence-corrected chi connectivity index (χ0v) is 23.0. The minimum Gasteiger partial charge on any atom is -0.405 e. The molecule has 2 unspecified atom stereocenters. The topological polar surface area (TPSA) is 104 Å². The van der Waals surface area contributed by atoms with E-state index in [0.717, 1.165) is 31.7 Å². The van der Waals surface area contributed by atoms with Crippen LogP contribution >= 0.6 is 11.3 Å². The van der Waals surface area contributed by atoms with Crippen LogP contribution in [0.2, 0.25) is 0 Å². The standard InChI is InChI=1S/C29H26F4N4O4S/c30-21-9-15(27(34)38)10-23-25(21)35-28(42-23)37-16-7-8-17(37)12-18(11-16)39-13-20-24(36-41-26(20)14-5-6-14)19-3-1-2-4-22(19)40-29(31,32)33/h1-4,9-10,14,16-18H,5-8,11-13H2,(H2,34,38). The number of nitrogens with zero attached hydrogens (tertiary/aromatic N) is 3. The van der Waals surface area contributed by atoms with Crippen molar-refractivity contribution in [3.8, 4) is 17.0 Å². The number of primary amides is 1. The number of amides is 1. The fourth-order valence-corrected chi connectivity index (χ4v) is 7.38. The highest BCUT2D eigenvalue weighted by Crippen LogP contribution is 2.47. The van der Waals surface area contributed by atoms with Crippen LogP contribution < -0.4 is 15.4 Å². The third kappa shape index (κ3) is 5.08. The highest BCUT2D eigenvalue weighted by Gasteiger charge is 2.43. The van der Waals surface area contributed by atoms with Crippen molar-refractivity contribution in [1.29, 1.82) is 0 Å². The molecule has 0 spiro atoms. The van der Waals surface area contributed by atoms with Gasteiger partial charge in [0.05, 0.1) is 17.4 Å². The van der Waals surface area contributed by atoms with Gasteiger partial charge in [0.1, 0.15) is 22.7 Å². The number of thiazole rings is 1. The van der Waals surface area contributed by atoms with E-state index in [1.807, 2.05) is 0 Å². The summed E-state index contributed by atoms with van der Waals surface area (Å²) in [5, 5.41) is 4.87. The number of benzene rings is 2. The van der Waals surface area contributed by atoms with Gasteiger partial charge in [-0.1, -0.05) is 28.6 Å².